The van der Waals surface area contributed by atoms with E-state index in [0.29, 0.717) is 0 Å². The van der Waals surface area contributed by atoms with Gasteiger partial charge in [-0.15, -0.1) is 0 Å². The predicted octanol–water partition coefficient (Wildman–Crippen LogP) is 2.91. The Morgan fingerprint density at radius 1 is 1.25 bits per heavy atom. The average Bonchev–Trinajstić information content (AvgIpc) is 3.01. The van der Waals surface area contributed by atoms with Gasteiger partial charge in [0, 0.05) is 12.7 Å². The lowest BCUT2D eigenvalue weighted by molar-refractivity contribution is -0.131. The van der Waals surface area contributed by atoms with Gasteiger partial charge in [-0.1, -0.05) is 45.0 Å². The zero-order valence-electron chi connectivity index (χ0n) is 14.3. The molecule has 1 aliphatic heterocycles. The molecule has 0 saturated heterocycles. The molecule has 0 saturated carbocycles. The van der Waals surface area contributed by atoms with Crippen molar-refractivity contribution in [2.24, 2.45) is 5.41 Å². The summed E-state index contributed by atoms with van der Waals surface area (Å²) in [6, 6.07) is 7.78. The lowest BCUT2D eigenvalue weighted by atomic mass is 9.87. The molecule has 0 aromatic heterocycles. The van der Waals surface area contributed by atoms with E-state index in [-0.39, 0.29) is 12.0 Å². The molecule has 0 spiro atoms. The molecule has 0 bridgehead atoms. The first kappa shape index (κ1) is 18.4. The van der Waals surface area contributed by atoms with Crippen molar-refractivity contribution in [1.29, 1.82) is 0 Å². The highest BCUT2D eigenvalue weighted by Crippen LogP contribution is 2.24. The number of aryl methyl sites for hydroxylation is 1. The van der Waals surface area contributed by atoms with Crippen LogP contribution in [0.3, 0.4) is 0 Å². The Balaban J connectivity index is 2.04. The first-order valence-electron chi connectivity index (χ1n) is 8.08. The average molecular weight is 337 g/mol. The van der Waals surface area contributed by atoms with Gasteiger partial charge in [-0.2, -0.15) is 0 Å². The molecule has 1 heterocycles. The third-order valence-electron chi connectivity index (χ3n) is 4.13. The minimum absolute atomic E-state index is 0.209. The largest absolute Gasteiger partial charge is 0.350 e. The highest BCUT2D eigenvalue weighted by atomic mass is 19.3. The van der Waals surface area contributed by atoms with Crippen LogP contribution in [0.25, 0.3) is 0 Å². The van der Waals surface area contributed by atoms with Crippen LogP contribution in [0.5, 0.6) is 0 Å². The minimum atomic E-state index is -2.85. The quantitative estimate of drug-likeness (QED) is 0.748. The Bertz CT molecular complexity index is 611. The summed E-state index contributed by atoms with van der Waals surface area (Å²) in [6.07, 6.45) is 1.50. The first-order chi connectivity index (χ1) is 11.2. The maximum absolute atomic E-state index is 13.3. The van der Waals surface area contributed by atoms with Crippen molar-refractivity contribution >= 4 is 5.91 Å². The number of hydrogen-bond donors (Lipinski definition) is 3. The van der Waals surface area contributed by atoms with Crippen LogP contribution in [-0.4, -0.2) is 17.9 Å². The van der Waals surface area contributed by atoms with Crippen LogP contribution in [0.4, 0.5) is 8.78 Å². The van der Waals surface area contributed by atoms with Gasteiger partial charge in [-0.3, -0.25) is 4.79 Å². The van der Waals surface area contributed by atoms with E-state index in [1.165, 1.54) is 6.20 Å². The fourth-order valence-electron chi connectivity index (χ4n) is 2.54. The number of carbonyl (C=O) groups is 1. The SMILES string of the molecule is CC(C)(C)CCc1ccccc1CNC(=O)C1(C(F)F)C=CNN1. The molecule has 1 aromatic rings. The smallest absolute Gasteiger partial charge is 0.270 e. The Morgan fingerprint density at radius 2 is 1.92 bits per heavy atom. The van der Waals surface area contributed by atoms with E-state index in [2.05, 4.69) is 36.9 Å². The molecule has 4 nitrogen and oxygen atoms in total. The van der Waals surface area contributed by atoms with Crippen molar-refractivity contribution in [3.63, 3.8) is 0 Å². The highest BCUT2D eigenvalue weighted by molar-refractivity contribution is 5.89. The third kappa shape index (κ3) is 4.32. The zero-order chi connectivity index (χ0) is 17.8. The number of halogens is 2. The maximum atomic E-state index is 13.3. The molecule has 2 rings (SSSR count). The van der Waals surface area contributed by atoms with Gasteiger partial charge >= 0.3 is 0 Å². The molecular weight excluding hydrogens is 312 g/mol. The molecule has 1 aliphatic rings. The summed E-state index contributed by atoms with van der Waals surface area (Å²) in [5.41, 5.74) is 5.07. The number of alkyl halides is 2. The molecule has 1 amide bonds. The number of hydrogen-bond acceptors (Lipinski definition) is 3. The van der Waals surface area contributed by atoms with E-state index in [1.807, 2.05) is 24.3 Å². The second kappa shape index (κ2) is 7.30. The zero-order valence-corrected chi connectivity index (χ0v) is 14.3. The van der Waals surface area contributed by atoms with Gasteiger partial charge < -0.3 is 10.7 Å². The molecular formula is C18H25F2N3O. The molecule has 0 fully saturated rings. The summed E-state index contributed by atoms with van der Waals surface area (Å²) in [6.45, 7) is 6.75. The summed E-state index contributed by atoms with van der Waals surface area (Å²) >= 11 is 0. The Morgan fingerprint density at radius 3 is 2.46 bits per heavy atom. The fraction of sp³-hybridized carbons (Fsp3) is 0.500. The topological polar surface area (TPSA) is 53.2 Å². The second-order valence-electron chi connectivity index (χ2n) is 7.28. The van der Waals surface area contributed by atoms with Gasteiger partial charge in [0.1, 0.15) is 0 Å². The molecule has 0 radical (unpaired) electrons. The van der Waals surface area contributed by atoms with Crippen LogP contribution in [0, 0.1) is 5.41 Å². The Hall–Kier alpha value is -1.95. The molecule has 132 valence electrons. The van der Waals surface area contributed by atoms with Crippen molar-refractivity contribution in [3.05, 3.63) is 47.7 Å². The molecule has 1 unspecified atom stereocenters. The van der Waals surface area contributed by atoms with Crippen molar-refractivity contribution < 1.29 is 13.6 Å². The van der Waals surface area contributed by atoms with E-state index >= 15 is 0 Å². The van der Waals surface area contributed by atoms with Gasteiger partial charge in [0.2, 0.25) is 0 Å². The fourth-order valence-corrected chi connectivity index (χ4v) is 2.54. The van der Waals surface area contributed by atoms with Crippen LogP contribution in [0.2, 0.25) is 0 Å². The normalized spacial score (nSPS) is 20.2. The number of hydrazine groups is 1. The molecule has 3 N–H and O–H groups in total. The lowest BCUT2D eigenvalue weighted by Crippen LogP contribution is -2.60. The molecule has 6 heteroatoms. The summed E-state index contributed by atoms with van der Waals surface area (Å²) in [5.74, 6) is -0.746. The standard InChI is InChI=1S/C18H25F2N3O/c1-17(2,3)9-8-13-6-4-5-7-14(13)12-21-16(24)18(15(19)20)10-11-22-23-18/h4-7,10-11,15,22-23H,8-9,12H2,1-3H3,(H,21,24). The van der Waals surface area contributed by atoms with Crippen molar-refractivity contribution in [1.82, 2.24) is 16.2 Å². The second-order valence-corrected chi connectivity index (χ2v) is 7.28. The van der Waals surface area contributed by atoms with Crippen LogP contribution in [0.15, 0.2) is 36.5 Å². The van der Waals surface area contributed by atoms with E-state index in [0.717, 1.165) is 30.0 Å². The summed E-state index contributed by atoms with van der Waals surface area (Å²) in [7, 11) is 0. The number of benzene rings is 1. The van der Waals surface area contributed by atoms with Crippen molar-refractivity contribution in [2.75, 3.05) is 0 Å². The van der Waals surface area contributed by atoms with E-state index in [9.17, 15) is 13.6 Å². The van der Waals surface area contributed by atoms with E-state index in [1.54, 1.807) is 0 Å². The monoisotopic (exact) mass is 337 g/mol. The first-order valence-corrected chi connectivity index (χ1v) is 8.08. The van der Waals surface area contributed by atoms with Gasteiger partial charge in [-0.25, -0.2) is 14.2 Å². The summed E-state index contributed by atoms with van der Waals surface area (Å²) < 4.78 is 26.6. The van der Waals surface area contributed by atoms with E-state index < -0.39 is 17.9 Å². The van der Waals surface area contributed by atoms with Crippen LogP contribution < -0.4 is 16.2 Å². The Labute approximate surface area is 141 Å². The highest BCUT2D eigenvalue weighted by Gasteiger charge is 2.47. The molecule has 24 heavy (non-hydrogen) atoms. The molecule has 0 aliphatic carbocycles. The van der Waals surface area contributed by atoms with Crippen LogP contribution in [-0.2, 0) is 17.8 Å². The summed E-state index contributed by atoms with van der Waals surface area (Å²) in [5, 5.41) is 2.63. The number of rotatable bonds is 6. The number of amides is 1. The van der Waals surface area contributed by atoms with Gasteiger partial charge in [0.25, 0.3) is 12.3 Å². The maximum Gasteiger partial charge on any atom is 0.270 e. The minimum Gasteiger partial charge on any atom is -0.350 e. The Kier molecular flexibility index (Phi) is 5.59. The summed E-state index contributed by atoms with van der Waals surface area (Å²) in [4.78, 5) is 12.3. The van der Waals surface area contributed by atoms with Crippen LogP contribution in [0.1, 0.15) is 38.3 Å². The van der Waals surface area contributed by atoms with E-state index in [4.69, 9.17) is 0 Å². The number of carbonyl (C=O) groups excluding carboxylic acids is 1. The van der Waals surface area contributed by atoms with Gasteiger partial charge in [0.15, 0.2) is 5.54 Å². The van der Waals surface area contributed by atoms with Gasteiger partial charge in [0.05, 0.1) is 0 Å². The molecule has 1 aromatic carbocycles. The van der Waals surface area contributed by atoms with Crippen molar-refractivity contribution in [2.45, 2.75) is 52.1 Å². The van der Waals surface area contributed by atoms with Crippen molar-refractivity contribution in [3.8, 4) is 0 Å². The van der Waals surface area contributed by atoms with Crippen LogP contribution >= 0.6 is 0 Å². The number of nitrogens with one attached hydrogen (secondary N) is 3. The van der Waals surface area contributed by atoms with Gasteiger partial charge in [-0.05, 0) is 35.5 Å². The predicted molar refractivity (Wildman–Crippen MR) is 90.2 cm³/mol. The third-order valence-corrected chi connectivity index (χ3v) is 4.13. The molecule has 1 atom stereocenters. The lowest BCUT2D eigenvalue weighted by Gasteiger charge is -2.25.